The maximum atomic E-state index is 6.07. The van der Waals surface area contributed by atoms with Gasteiger partial charge < -0.3 is 8.83 Å². The first-order chi connectivity index (χ1) is 23.7. The van der Waals surface area contributed by atoms with Crippen molar-refractivity contribution in [3.05, 3.63) is 163 Å². The highest BCUT2D eigenvalue weighted by Crippen LogP contribution is 2.34. The first kappa shape index (κ1) is 27.9. The predicted octanol–water partition coefficient (Wildman–Crippen LogP) is 10.6. The molecule has 0 N–H and O–H groups in total. The van der Waals surface area contributed by atoms with Crippen LogP contribution in [-0.4, -0.2) is 19.9 Å². The topological polar surface area (TPSA) is 77.8 Å². The molecule has 228 valence electrons. The molecular formula is C42H28N4O2. The smallest absolute Gasteiger partial charge is 0.227 e. The highest BCUT2D eigenvalue weighted by Gasteiger charge is 2.20. The highest BCUT2D eigenvalue weighted by atomic mass is 16.4. The summed E-state index contributed by atoms with van der Waals surface area (Å²) in [5.74, 6) is 2.02. The van der Waals surface area contributed by atoms with Crippen LogP contribution < -0.4 is 0 Å². The fourth-order valence-corrected chi connectivity index (χ4v) is 6.14. The predicted molar refractivity (Wildman–Crippen MR) is 190 cm³/mol. The molecular weight excluding hydrogens is 592 g/mol. The minimum atomic E-state index is 0.0619. The standard InChI is InChI=1S/C42H28N4O2/c1-2-8-27(9-3-1)28-14-16-29(17-15-28)36-26-37(30-18-22-32(23-19-30)41-45-34-10-4-6-12-38(34)47-41)44-40(43-36)31-20-24-33(25-21-31)42-46-35-11-5-7-13-39(35)48-42/h1-22,24-26,32H,23H2. The van der Waals surface area contributed by atoms with E-state index in [-0.39, 0.29) is 5.92 Å². The van der Waals surface area contributed by atoms with Crippen LogP contribution in [-0.2, 0) is 0 Å². The molecule has 0 saturated carbocycles. The largest absolute Gasteiger partial charge is 0.440 e. The van der Waals surface area contributed by atoms with Crippen molar-refractivity contribution in [2.45, 2.75) is 12.3 Å². The zero-order chi connectivity index (χ0) is 31.9. The van der Waals surface area contributed by atoms with Crippen LogP contribution in [0.3, 0.4) is 0 Å². The number of rotatable bonds is 6. The average molecular weight is 621 g/mol. The molecule has 8 aromatic rings. The van der Waals surface area contributed by atoms with Gasteiger partial charge in [-0.1, -0.05) is 109 Å². The third-order valence-corrected chi connectivity index (χ3v) is 8.72. The normalized spacial score (nSPS) is 14.4. The fraction of sp³-hybridized carbons (Fsp3) is 0.0476. The van der Waals surface area contributed by atoms with Crippen molar-refractivity contribution in [3.8, 4) is 45.2 Å². The molecule has 1 atom stereocenters. The van der Waals surface area contributed by atoms with E-state index in [4.69, 9.17) is 23.8 Å². The van der Waals surface area contributed by atoms with Crippen molar-refractivity contribution in [2.75, 3.05) is 0 Å². The van der Waals surface area contributed by atoms with Gasteiger partial charge in [0, 0.05) is 16.7 Å². The molecule has 5 aromatic carbocycles. The number of fused-ring (bicyclic) bond motifs is 2. The zero-order valence-electron chi connectivity index (χ0n) is 25.8. The van der Waals surface area contributed by atoms with Crippen molar-refractivity contribution < 1.29 is 8.83 Å². The number of oxazole rings is 2. The van der Waals surface area contributed by atoms with Crippen molar-refractivity contribution in [3.63, 3.8) is 0 Å². The minimum Gasteiger partial charge on any atom is -0.440 e. The third-order valence-electron chi connectivity index (χ3n) is 8.72. The summed E-state index contributed by atoms with van der Waals surface area (Å²) in [4.78, 5) is 19.5. The fourth-order valence-electron chi connectivity index (χ4n) is 6.14. The van der Waals surface area contributed by atoms with Crippen LogP contribution in [0.15, 0.2) is 161 Å². The van der Waals surface area contributed by atoms with E-state index in [9.17, 15) is 0 Å². The molecule has 3 aromatic heterocycles. The Balaban J connectivity index is 1.07. The van der Waals surface area contributed by atoms with Crippen LogP contribution in [0.4, 0.5) is 0 Å². The Labute approximate surface area is 276 Å². The highest BCUT2D eigenvalue weighted by molar-refractivity contribution is 5.80. The number of hydrogen-bond donors (Lipinski definition) is 0. The van der Waals surface area contributed by atoms with E-state index in [1.54, 1.807) is 0 Å². The van der Waals surface area contributed by atoms with Gasteiger partial charge in [-0.2, -0.15) is 0 Å². The van der Waals surface area contributed by atoms with Crippen LogP contribution in [0.25, 0.3) is 73.0 Å². The van der Waals surface area contributed by atoms with E-state index in [1.807, 2.05) is 78.9 Å². The van der Waals surface area contributed by atoms with Crippen molar-refractivity contribution in [1.82, 2.24) is 19.9 Å². The number of hydrogen-bond acceptors (Lipinski definition) is 6. The second kappa shape index (κ2) is 11.8. The maximum Gasteiger partial charge on any atom is 0.227 e. The molecule has 0 fully saturated rings. The molecule has 1 aliphatic carbocycles. The monoisotopic (exact) mass is 620 g/mol. The third kappa shape index (κ3) is 5.29. The average Bonchev–Trinajstić information content (AvgIpc) is 3.80. The lowest BCUT2D eigenvalue weighted by atomic mass is 9.94. The van der Waals surface area contributed by atoms with E-state index in [2.05, 4.69) is 77.8 Å². The van der Waals surface area contributed by atoms with Crippen LogP contribution in [0.5, 0.6) is 0 Å². The molecule has 0 radical (unpaired) electrons. The van der Waals surface area contributed by atoms with E-state index < -0.39 is 0 Å². The van der Waals surface area contributed by atoms with Gasteiger partial charge in [0.15, 0.2) is 17.0 Å². The number of aromatic nitrogens is 4. The van der Waals surface area contributed by atoms with Gasteiger partial charge in [-0.05, 0) is 65.6 Å². The molecule has 9 rings (SSSR count). The molecule has 0 spiro atoms. The zero-order valence-corrected chi connectivity index (χ0v) is 25.8. The molecule has 6 heteroatoms. The van der Waals surface area contributed by atoms with Gasteiger partial charge >= 0.3 is 0 Å². The van der Waals surface area contributed by atoms with Gasteiger partial charge in [0.1, 0.15) is 11.0 Å². The van der Waals surface area contributed by atoms with Crippen LogP contribution in [0, 0.1) is 0 Å². The summed E-state index contributed by atoms with van der Waals surface area (Å²) < 4.78 is 12.1. The Morgan fingerprint density at radius 2 is 1.10 bits per heavy atom. The molecule has 0 saturated heterocycles. The molecule has 3 heterocycles. The van der Waals surface area contributed by atoms with Crippen LogP contribution in [0.1, 0.15) is 23.9 Å². The number of benzene rings is 5. The van der Waals surface area contributed by atoms with Gasteiger partial charge in [0.2, 0.25) is 11.8 Å². The van der Waals surface area contributed by atoms with Gasteiger partial charge in [0.05, 0.1) is 17.3 Å². The molecule has 1 unspecified atom stereocenters. The molecule has 0 amide bonds. The Hall–Kier alpha value is -6.40. The van der Waals surface area contributed by atoms with E-state index in [0.717, 1.165) is 73.7 Å². The Morgan fingerprint density at radius 1 is 0.500 bits per heavy atom. The van der Waals surface area contributed by atoms with Gasteiger partial charge in [-0.25, -0.2) is 19.9 Å². The quantitative estimate of drug-likeness (QED) is 0.184. The van der Waals surface area contributed by atoms with Crippen molar-refractivity contribution in [2.24, 2.45) is 0 Å². The Bertz CT molecular complexity index is 2410. The first-order valence-corrected chi connectivity index (χ1v) is 16.0. The lowest BCUT2D eigenvalue weighted by molar-refractivity contribution is 0.505. The van der Waals surface area contributed by atoms with Crippen LogP contribution in [0.2, 0.25) is 0 Å². The summed E-state index contributed by atoms with van der Waals surface area (Å²) in [5, 5.41) is 0. The van der Waals surface area contributed by atoms with Crippen LogP contribution >= 0.6 is 0 Å². The molecule has 0 bridgehead atoms. The van der Waals surface area contributed by atoms with E-state index in [1.165, 1.54) is 5.56 Å². The summed E-state index contributed by atoms with van der Waals surface area (Å²) in [7, 11) is 0. The number of nitrogens with zero attached hydrogens (tertiary/aromatic N) is 4. The summed E-state index contributed by atoms with van der Waals surface area (Å²) in [6.45, 7) is 0. The van der Waals surface area contributed by atoms with Crippen molar-refractivity contribution in [1.29, 1.82) is 0 Å². The molecule has 0 aliphatic heterocycles. The number of allylic oxidation sites excluding steroid dienone is 4. The maximum absolute atomic E-state index is 6.07. The van der Waals surface area contributed by atoms with E-state index in [0.29, 0.717) is 11.7 Å². The van der Waals surface area contributed by atoms with Gasteiger partial charge in [-0.15, -0.1) is 0 Å². The number of para-hydroxylation sites is 4. The Morgan fingerprint density at radius 3 is 1.81 bits per heavy atom. The summed E-state index contributed by atoms with van der Waals surface area (Å²) in [5.41, 5.74) is 11.2. The lowest BCUT2D eigenvalue weighted by Crippen LogP contribution is -2.02. The first-order valence-electron chi connectivity index (χ1n) is 16.0. The molecule has 48 heavy (non-hydrogen) atoms. The SMILES string of the molecule is C1=CC(c2nc3ccccc3o2)CC=C1c1cc(-c2ccc(-c3ccccc3)cc2)nc(-c2ccc(-c3nc4ccccc4o3)cc2)n1. The lowest BCUT2D eigenvalue weighted by Gasteiger charge is -2.15. The summed E-state index contributed by atoms with van der Waals surface area (Å²) in [6.07, 6.45) is 7.25. The molecule has 1 aliphatic rings. The molecule has 6 nitrogen and oxygen atoms in total. The summed E-state index contributed by atoms with van der Waals surface area (Å²) >= 11 is 0. The second-order valence-electron chi connectivity index (χ2n) is 11.9. The van der Waals surface area contributed by atoms with Crippen molar-refractivity contribution >= 4 is 27.8 Å². The van der Waals surface area contributed by atoms with Gasteiger partial charge in [-0.3, -0.25) is 0 Å². The minimum absolute atomic E-state index is 0.0619. The van der Waals surface area contributed by atoms with E-state index >= 15 is 0 Å². The Kier molecular flexibility index (Phi) is 6.82. The summed E-state index contributed by atoms with van der Waals surface area (Å²) in [6, 6.07) is 44.7. The second-order valence-corrected chi connectivity index (χ2v) is 11.9. The van der Waals surface area contributed by atoms with Gasteiger partial charge in [0.25, 0.3) is 0 Å².